The van der Waals surface area contributed by atoms with Crippen molar-refractivity contribution < 1.29 is 9.66 Å². The second kappa shape index (κ2) is 4.96. The average molecular weight is 238 g/mol. The van der Waals surface area contributed by atoms with Crippen LogP contribution in [0.1, 0.15) is 19.3 Å². The Labute approximate surface area is 98.1 Å². The van der Waals surface area contributed by atoms with E-state index in [4.69, 9.17) is 10.6 Å². The monoisotopic (exact) mass is 238 g/mol. The second-order valence-electron chi connectivity index (χ2n) is 4.00. The Balaban J connectivity index is 2.06. The summed E-state index contributed by atoms with van der Waals surface area (Å²) in [6, 6.07) is 2.76. The standard InChI is InChI=1S/C10H14N4O3/c11-13-9-4-3-8(14(15)16)10(12-9)17-6-5-7-1-2-7/h3-4,7H,1-2,5-6,11H2,(H,12,13). The molecule has 1 aliphatic rings. The van der Waals surface area contributed by atoms with E-state index in [1.165, 1.54) is 25.0 Å². The van der Waals surface area contributed by atoms with Crippen LogP contribution in [-0.2, 0) is 0 Å². The molecule has 0 atom stereocenters. The first-order chi connectivity index (χ1) is 8.20. The quantitative estimate of drug-likeness (QED) is 0.441. The molecule has 0 bridgehead atoms. The topological polar surface area (TPSA) is 103 Å². The number of aromatic nitrogens is 1. The molecule has 0 aliphatic heterocycles. The molecule has 0 unspecified atom stereocenters. The van der Waals surface area contributed by atoms with E-state index in [9.17, 15) is 10.1 Å². The van der Waals surface area contributed by atoms with E-state index in [0.29, 0.717) is 18.3 Å². The summed E-state index contributed by atoms with van der Waals surface area (Å²) in [5.41, 5.74) is 2.19. The van der Waals surface area contributed by atoms with Crippen molar-refractivity contribution in [2.45, 2.75) is 19.3 Å². The summed E-state index contributed by atoms with van der Waals surface area (Å²) < 4.78 is 5.34. The summed E-state index contributed by atoms with van der Waals surface area (Å²) in [5.74, 6) is 6.27. The van der Waals surface area contributed by atoms with Crippen LogP contribution >= 0.6 is 0 Å². The molecule has 7 nitrogen and oxygen atoms in total. The smallest absolute Gasteiger partial charge is 0.331 e. The number of anilines is 1. The highest BCUT2D eigenvalue weighted by Gasteiger charge is 2.22. The first-order valence-electron chi connectivity index (χ1n) is 5.45. The lowest BCUT2D eigenvalue weighted by Crippen LogP contribution is -2.10. The molecule has 0 radical (unpaired) electrons. The summed E-state index contributed by atoms with van der Waals surface area (Å²) in [7, 11) is 0. The molecule has 3 N–H and O–H groups in total. The Hall–Kier alpha value is -1.89. The van der Waals surface area contributed by atoms with E-state index in [0.717, 1.165) is 6.42 Å². The van der Waals surface area contributed by atoms with Gasteiger partial charge < -0.3 is 10.2 Å². The Bertz CT molecular complexity index is 420. The van der Waals surface area contributed by atoms with Gasteiger partial charge in [0.1, 0.15) is 5.82 Å². The van der Waals surface area contributed by atoms with Gasteiger partial charge in [-0.2, -0.15) is 4.98 Å². The molecule has 1 saturated carbocycles. The fraction of sp³-hybridized carbons (Fsp3) is 0.500. The van der Waals surface area contributed by atoms with Crippen molar-refractivity contribution in [3.8, 4) is 5.88 Å². The Morgan fingerprint density at radius 2 is 2.35 bits per heavy atom. The van der Waals surface area contributed by atoms with E-state index >= 15 is 0 Å². The van der Waals surface area contributed by atoms with Crippen LogP contribution in [0.2, 0.25) is 0 Å². The van der Waals surface area contributed by atoms with Crippen LogP contribution in [0.3, 0.4) is 0 Å². The van der Waals surface area contributed by atoms with Crippen LogP contribution in [0.25, 0.3) is 0 Å². The summed E-state index contributed by atoms with van der Waals surface area (Å²) in [6.07, 6.45) is 3.37. The molecule has 0 aromatic carbocycles. The van der Waals surface area contributed by atoms with Gasteiger partial charge in [-0.05, 0) is 18.4 Å². The number of pyridine rings is 1. The molecule has 2 rings (SSSR count). The fourth-order valence-electron chi connectivity index (χ4n) is 1.49. The lowest BCUT2D eigenvalue weighted by molar-refractivity contribution is -0.386. The number of nitrogen functional groups attached to an aromatic ring is 1. The number of hydrogen-bond acceptors (Lipinski definition) is 6. The van der Waals surface area contributed by atoms with Crippen LogP contribution in [0, 0.1) is 16.0 Å². The Morgan fingerprint density at radius 1 is 1.59 bits per heavy atom. The molecule has 1 heterocycles. The van der Waals surface area contributed by atoms with Crippen molar-refractivity contribution in [2.24, 2.45) is 11.8 Å². The lowest BCUT2D eigenvalue weighted by Gasteiger charge is -2.06. The minimum atomic E-state index is -0.514. The van der Waals surface area contributed by atoms with E-state index in [2.05, 4.69) is 10.4 Å². The maximum absolute atomic E-state index is 10.8. The van der Waals surface area contributed by atoms with Crippen molar-refractivity contribution >= 4 is 11.5 Å². The second-order valence-corrected chi connectivity index (χ2v) is 4.00. The number of nitro groups is 1. The zero-order valence-electron chi connectivity index (χ0n) is 9.26. The van der Waals surface area contributed by atoms with Crippen LogP contribution in [0.5, 0.6) is 5.88 Å². The third kappa shape index (κ3) is 3.04. The largest absolute Gasteiger partial charge is 0.473 e. The van der Waals surface area contributed by atoms with Crippen LogP contribution < -0.4 is 16.0 Å². The van der Waals surface area contributed by atoms with E-state index in [-0.39, 0.29) is 11.6 Å². The maximum atomic E-state index is 10.8. The number of nitrogens with zero attached hydrogens (tertiary/aromatic N) is 2. The minimum Gasteiger partial charge on any atom is -0.473 e. The first-order valence-corrected chi connectivity index (χ1v) is 5.45. The summed E-state index contributed by atoms with van der Waals surface area (Å²) in [6.45, 7) is 0.451. The summed E-state index contributed by atoms with van der Waals surface area (Å²) in [4.78, 5) is 14.2. The van der Waals surface area contributed by atoms with Crippen LogP contribution in [0.15, 0.2) is 12.1 Å². The minimum absolute atomic E-state index is 0.0195. The number of nitrogens with two attached hydrogens (primary N) is 1. The van der Waals surface area contributed by atoms with Gasteiger partial charge in [-0.1, -0.05) is 12.8 Å². The van der Waals surface area contributed by atoms with Gasteiger partial charge in [0.25, 0.3) is 5.88 Å². The van der Waals surface area contributed by atoms with Crippen molar-refractivity contribution in [3.63, 3.8) is 0 Å². The SMILES string of the molecule is NNc1ccc([N+](=O)[O-])c(OCCC2CC2)n1. The number of hydrazine groups is 1. The number of hydrogen-bond donors (Lipinski definition) is 2. The predicted octanol–water partition coefficient (Wildman–Crippen LogP) is 1.45. The molecule has 1 aromatic rings. The number of ether oxygens (including phenoxy) is 1. The normalized spacial score (nSPS) is 14.4. The van der Waals surface area contributed by atoms with Gasteiger partial charge in [0.05, 0.1) is 11.5 Å². The molecule has 0 saturated heterocycles. The molecule has 1 fully saturated rings. The molecular formula is C10H14N4O3. The van der Waals surface area contributed by atoms with Crippen LogP contribution in [-0.4, -0.2) is 16.5 Å². The van der Waals surface area contributed by atoms with Gasteiger partial charge >= 0.3 is 5.69 Å². The van der Waals surface area contributed by atoms with Crippen molar-refractivity contribution in [1.29, 1.82) is 0 Å². The fourth-order valence-corrected chi connectivity index (χ4v) is 1.49. The van der Waals surface area contributed by atoms with E-state index in [1.807, 2.05) is 0 Å². The summed E-state index contributed by atoms with van der Waals surface area (Å²) >= 11 is 0. The molecule has 92 valence electrons. The molecule has 1 aromatic heterocycles. The Kier molecular flexibility index (Phi) is 3.38. The summed E-state index contributed by atoms with van der Waals surface area (Å²) in [5, 5.41) is 10.8. The van der Waals surface area contributed by atoms with E-state index in [1.54, 1.807) is 0 Å². The Morgan fingerprint density at radius 3 is 2.94 bits per heavy atom. The molecule has 0 amide bonds. The van der Waals surface area contributed by atoms with Crippen molar-refractivity contribution in [3.05, 3.63) is 22.2 Å². The number of rotatable bonds is 6. The van der Waals surface area contributed by atoms with Gasteiger partial charge in [-0.3, -0.25) is 10.1 Å². The molecular weight excluding hydrogens is 224 g/mol. The van der Waals surface area contributed by atoms with Crippen molar-refractivity contribution in [2.75, 3.05) is 12.0 Å². The molecule has 1 aliphatic carbocycles. The van der Waals surface area contributed by atoms with E-state index < -0.39 is 4.92 Å². The predicted molar refractivity (Wildman–Crippen MR) is 61.5 cm³/mol. The molecule has 7 heteroatoms. The molecule has 0 spiro atoms. The zero-order chi connectivity index (χ0) is 12.3. The highest BCUT2D eigenvalue weighted by molar-refractivity contribution is 5.48. The maximum Gasteiger partial charge on any atom is 0.331 e. The highest BCUT2D eigenvalue weighted by atomic mass is 16.6. The first kappa shape index (κ1) is 11.6. The lowest BCUT2D eigenvalue weighted by atomic mass is 10.3. The van der Waals surface area contributed by atoms with Crippen molar-refractivity contribution in [1.82, 2.24) is 4.98 Å². The van der Waals surface area contributed by atoms with Gasteiger partial charge in [0, 0.05) is 6.07 Å². The number of nitrogens with one attached hydrogen (secondary N) is 1. The third-order valence-electron chi connectivity index (χ3n) is 2.65. The van der Waals surface area contributed by atoms with Gasteiger partial charge in [0.15, 0.2) is 0 Å². The van der Waals surface area contributed by atoms with Gasteiger partial charge in [-0.25, -0.2) is 5.84 Å². The zero-order valence-corrected chi connectivity index (χ0v) is 9.26. The van der Waals surface area contributed by atoms with Gasteiger partial charge in [-0.15, -0.1) is 0 Å². The molecule has 17 heavy (non-hydrogen) atoms. The average Bonchev–Trinajstić information content (AvgIpc) is 3.12. The van der Waals surface area contributed by atoms with Gasteiger partial charge in [0.2, 0.25) is 0 Å². The third-order valence-corrected chi connectivity index (χ3v) is 2.65. The highest BCUT2D eigenvalue weighted by Crippen LogP contribution is 2.33. The van der Waals surface area contributed by atoms with Crippen LogP contribution in [0.4, 0.5) is 11.5 Å².